The number of carbonyl (C=O) groups is 1. The predicted molar refractivity (Wildman–Crippen MR) is 101 cm³/mol. The quantitative estimate of drug-likeness (QED) is 0.590. The minimum absolute atomic E-state index is 0.0624. The second-order valence-electron chi connectivity index (χ2n) is 8.51. The number of hydrogen-bond donors (Lipinski definition) is 1. The molecule has 1 aromatic rings. The van der Waals surface area contributed by atoms with Gasteiger partial charge in [-0.1, -0.05) is 0 Å². The van der Waals surface area contributed by atoms with Crippen molar-refractivity contribution in [1.29, 1.82) is 0 Å². The van der Waals surface area contributed by atoms with E-state index in [9.17, 15) is 4.79 Å². The van der Waals surface area contributed by atoms with E-state index < -0.39 is 0 Å². The van der Waals surface area contributed by atoms with Crippen LogP contribution >= 0.6 is 15.9 Å². The Labute approximate surface area is 157 Å². The summed E-state index contributed by atoms with van der Waals surface area (Å²) in [6.45, 7) is 4.74. The predicted octanol–water partition coefficient (Wildman–Crippen LogP) is 4.11. The molecule has 6 heteroatoms. The average Bonchev–Trinajstić information content (AvgIpc) is 2.92. The molecule has 136 valence electrons. The van der Waals surface area contributed by atoms with Crippen molar-refractivity contribution >= 4 is 27.5 Å². The van der Waals surface area contributed by atoms with Crippen molar-refractivity contribution in [1.82, 2.24) is 15.2 Å². The number of rotatable bonds is 5. The summed E-state index contributed by atoms with van der Waals surface area (Å²) in [6.07, 6.45) is 10.6. The average molecular weight is 407 g/mol. The van der Waals surface area contributed by atoms with Crippen molar-refractivity contribution in [3.05, 3.63) is 16.4 Å². The van der Waals surface area contributed by atoms with E-state index in [-0.39, 0.29) is 11.3 Å². The van der Waals surface area contributed by atoms with E-state index in [1.54, 1.807) is 0 Å². The van der Waals surface area contributed by atoms with Crippen molar-refractivity contribution in [2.45, 2.75) is 65.3 Å². The Morgan fingerprint density at radius 2 is 1.92 bits per heavy atom. The zero-order valence-electron chi connectivity index (χ0n) is 15.1. The fourth-order valence-corrected chi connectivity index (χ4v) is 6.49. The Hall–Kier alpha value is -1.17. The summed E-state index contributed by atoms with van der Waals surface area (Å²) in [6, 6.07) is 0. The molecule has 4 saturated carbocycles. The SMILES string of the molecule is CCn1cc(Br)c(/C(C)=N/NC(=O)CC23CC4CC(CC(C4)C2)C3)n1. The summed E-state index contributed by atoms with van der Waals surface area (Å²) in [4.78, 5) is 12.6. The molecule has 0 spiro atoms. The summed E-state index contributed by atoms with van der Waals surface area (Å²) in [7, 11) is 0. The highest BCUT2D eigenvalue weighted by Crippen LogP contribution is 2.61. The first-order valence-corrected chi connectivity index (χ1v) is 10.3. The second-order valence-corrected chi connectivity index (χ2v) is 9.36. The Kier molecular flexibility index (Phi) is 4.50. The number of halogens is 1. The maximum absolute atomic E-state index is 12.6. The molecule has 0 saturated heterocycles. The number of aryl methyl sites for hydroxylation is 1. The highest BCUT2D eigenvalue weighted by atomic mass is 79.9. The number of nitrogens with one attached hydrogen (secondary N) is 1. The molecule has 0 aliphatic heterocycles. The van der Waals surface area contributed by atoms with Crippen LogP contribution in [0.15, 0.2) is 15.8 Å². The van der Waals surface area contributed by atoms with Gasteiger partial charge >= 0.3 is 0 Å². The third kappa shape index (κ3) is 3.42. The van der Waals surface area contributed by atoms with Gasteiger partial charge in [-0.2, -0.15) is 10.2 Å². The van der Waals surface area contributed by atoms with Gasteiger partial charge in [0.1, 0.15) is 5.69 Å². The van der Waals surface area contributed by atoms with Gasteiger partial charge in [0, 0.05) is 19.2 Å². The number of hydrogen-bond acceptors (Lipinski definition) is 3. The molecular weight excluding hydrogens is 380 g/mol. The third-order valence-corrected chi connectivity index (χ3v) is 7.01. The number of hydrazone groups is 1. The van der Waals surface area contributed by atoms with Gasteiger partial charge in [-0.15, -0.1) is 0 Å². The first-order chi connectivity index (χ1) is 12.0. The van der Waals surface area contributed by atoms with E-state index in [2.05, 4.69) is 31.6 Å². The fourth-order valence-electron chi connectivity index (χ4n) is 5.89. The lowest BCUT2D eigenvalue weighted by molar-refractivity contribution is -0.129. The van der Waals surface area contributed by atoms with Crippen molar-refractivity contribution in [3.8, 4) is 0 Å². The van der Waals surface area contributed by atoms with Crippen LogP contribution in [0, 0.1) is 23.2 Å². The van der Waals surface area contributed by atoms with E-state index in [1.807, 2.05) is 24.7 Å². The monoisotopic (exact) mass is 406 g/mol. The van der Waals surface area contributed by atoms with Crippen LogP contribution < -0.4 is 5.43 Å². The zero-order chi connectivity index (χ0) is 17.6. The van der Waals surface area contributed by atoms with Gasteiger partial charge in [-0.25, -0.2) is 5.43 Å². The van der Waals surface area contributed by atoms with Gasteiger partial charge in [-0.05, 0) is 91.5 Å². The number of nitrogens with zero attached hydrogens (tertiary/aromatic N) is 3. The van der Waals surface area contributed by atoms with E-state index in [0.29, 0.717) is 6.42 Å². The summed E-state index contributed by atoms with van der Waals surface area (Å²) < 4.78 is 2.77. The molecule has 0 atom stereocenters. The van der Waals surface area contributed by atoms with E-state index in [1.165, 1.54) is 38.5 Å². The normalized spacial score (nSPS) is 33.7. The molecule has 1 amide bonds. The van der Waals surface area contributed by atoms with Crippen LogP contribution in [0.4, 0.5) is 0 Å². The molecule has 4 aliphatic rings. The lowest BCUT2D eigenvalue weighted by Gasteiger charge is -2.56. The summed E-state index contributed by atoms with van der Waals surface area (Å²) in [5.41, 5.74) is 4.57. The Bertz CT molecular complexity index is 673. The van der Waals surface area contributed by atoms with Gasteiger partial charge in [0.2, 0.25) is 5.91 Å². The maximum Gasteiger partial charge on any atom is 0.240 e. The standard InChI is InChI=1S/C19H27BrN4O/c1-3-24-11-16(20)18(23-24)12(2)21-22-17(25)10-19-7-13-4-14(8-19)6-15(5-13)9-19/h11,13-15H,3-10H2,1-2H3,(H,22,25)/b21-12+. The third-order valence-electron chi connectivity index (χ3n) is 6.43. The molecule has 5 rings (SSSR count). The fraction of sp³-hybridized carbons (Fsp3) is 0.737. The minimum Gasteiger partial charge on any atom is -0.273 e. The second kappa shape index (κ2) is 6.53. The van der Waals surface area contributed by atoms with Crippen LogP contribution in [0.5, 0.6) is 0 Å². The molecule has 0 radical (unpaired) electrons. The minimum atomic E-state index is 0.0624. The van der Waals surface area contributed by atoms with Crippen LogP contribution in [0.25, 0.3) is 0 Å². The maximum atomic E-state index is 12.6. The molecule has 4 fully saturated rings. The lowest BCUT2D eigenvalue weighted by Crippen LogP contribution is -2.47. The molecule has 0 aromatic carbocycles. The molecule has 1 N–H and O–H groups in total. The molecule has 1 aromatic heterocycles. The molecule has 25 heavy (non-hydrogen) atoms. The highest BCUT2D eigenvalue weighted by molar-refractivity contribution is 9.10. The topological polar surface area (TPSA) is 59.3 Å². The lowest BCUT2D eigenvalue weighted by atomic mass is 9.49. The van der Waals surface area contributed by atoms with Crippen molar-refractivity contribution in [2.75, 3.05) is 0 Å². The molecule has 1 heterocycles. The summed E-state index contributed by atoms with van der Waals surface area (Å²) in [5, 5.41) is 8.79. The molecule has 4 bridgehead atoms. The highest BCUT2D eigenvalue weighted by Gasteiger charge is 2.51. The molecule has 5 nitrogen and oxygen atoms in total. The first kappa shape index (κ1) is 17.3. The van der Waals surface area contributed by atoms with Crippen molar-refractivity contribution in [3.63, 3.8) is 0 Å². The van der Waals surface area contributed by atoms with Crippen molar-refractivity contribution in [2.24, 2.45) is 28.3 Å². The Balaban J connectivity index is 1.40. The van der Waals surface area contributed by atoms with Crippen LogP contribution in [-0.4, -0.2) is 21.4 Å². The zero-order valence-corrected chi connectivity index (χ0v) is 16.7. The first-order valence-electron chi connectivity index (χ1n) is 9.53. The number of carbonyl (C=O) groups excluding carboxylic acids is 1. The van der Waals surface area contributed by atoms with Gasteiger partial charge in [0.05, 0.1) is 10.2 Å². The molecule has 0 unspecified atom stereocenters. The van der Waals surface area contributed by atoms with Gasteiger partial charge in [0.15, 0.2) is 0 Å². The molecule has 4 aliphatic carbocycles. The van der Waals surface area contributed by atoms with Gasteiger partial charge in [0.25, 0.3) is 0 Å². The van der Waals surface area contributed by atoms with Gasteiger partial charge in [-0.3, -0.25) is 9.48 Å². The van der Waals surface area contributed by atoms with E-state index in [0.717, 1.165) is 40.2 Å². The number of aromatic nitrogens is 2. The van der Waals surface area contributed by atoms with E-state index >= 15 is 0 Å². The van der Waals surface area contributed by atoms with Crippen LogP contribution in [0.3, 0.4) is 0 Å². The summed E-state index contributed by atoms with van der Waals surface area (Å²) in [5.74, 6) is 2.68. The largest absolute Gasteiger partial charge is 0.273 e. The van der Waals surface area contributed by atoms with Gasteiger partial charge < -0.3 is 0 Å². The van der Waals surface area contributed by atoms with Crippen LogP contribution in [-0.2, 0) is 11.3 Å². The Morgan fingerprint density at radius 1 is 1.32 bits per heavy atom. The van der Waals surface area contributed by atoms with Crippen LogP contribution in [0.2, 0.25) is 0 Å². The molecular formula is C19H27BrN4O. The Morgan fingerprint density at radius 3 is 2.44 bits per heavy atom. The number of amides is 1. The smallest absolute Gasteiger partial charge is 0.240 e. The van der Waals surface area contributed by atoms with Crippen molar-refractivity contribution < 1.29 is 4.79 Å². The van der Waals surface area contributed by atoms with E-state index in [4.69, 9.17) is 0 Å². The van der Waals surface area contributed by atoms with Crippen LogP contribution in [0.1, 0.15) is 64.5 Å². The summed E-state index contributed by atoms with van der Waals surface area (Å²) >= 11 is 3.51.